The van der Waals surface area contributed by atoms with E-state index < -0.39 is 11.1 Å². The average Bonchev–Trinajstić information content (AvgIpc) is 2.60. The number of rotatable bonds is 5. The van der Waals surface area contributed by atoms with Crippen molar-refractivity contribution in [2.24, 2.45) is 11.7 Å². The highest BCUT2D eigenvalue weighted by Gasteiger charge is 2.36. The second-order valence-corrected chi connectivity index (χ2v) is 9.36. The van der Waals surface area contributed by atoms with Crippen LogP contribution in [0, 0.1) is 5.92 Å². The summed E-state index contributed by atoms with van der Waals surface area (Å²) in [6.07, 6.45) is 1.78. The van der Waals surface area contributed by atoms with E-state index in [1.807, 2.05) is 32.9 Å². The number of ether oxygens (including phenoxy) is 2. The summed E-state index contributed by atoms with van der Waals surface area (Å²) in [5, 5.41) is 0. The highest BCUT2D eigenvalue weighted by Crippen LogP contribution is 2.33. The summed E-state index contributed by atoms with van der Waals surface area (Å²) in [5.74, 6) is 0.136. The van der Waals surface area contributed by atoms with Gasteiger partial charge in [0, 0.05) is 18.6 Å². The summed E-state index contributed by atoms with van der Waals surface area (Å²) in [7, 11) is 0. The van der Waals surface area contributed by atoms with Gasteiger partial charge < -0.3 is 20.1 Å². The third-order valence-electron chi connectivity index (χ3n) is 5.03. The lowest BCUT2D eigenvalue weighted by Gasteiger charge is -2.40. The molecule has 1 amide bonds. The van der Waals surface area contributed by atoms with Crippen LogP contribution in [0.15, 0.2) is 18.2 Å². The number of carbonyl (C=O) groups is 2. The Morgan fingerprint density at radius 3 is 2.31 bits per heavy atom. The summed E-state index contributed by atoms with van der Waals surface area (Å²) in [4.78, 5) is 26.4. The van der Waals surface area contributed by atoms with E-state index >= 15 is 0 Å². The highest BCUT2D eigenvalue weighted by molar-refractivity contribution is 5.90. The number of piperidine rings is 1. The summed E-state index contributed by atoms with van der Waals surface area (Å²) >= 11 is 0. The fourth-order valence-electron chi connectivity index (χ4n) is 3.60. The zero-order chi connectivity index (χ0) is 21.8. The highest BCUT2D eigenvalue weighted by atomic mass is 16.6. The van der Waals surface area contributed by atoms with E-state index in [0.29, 0.717) is 44.0 Å². The van der Waals surface area contributed by atoms with Crippen LogP contribution in [0.25, 0.3) is 0 Å². The Balaban J connectivity index is 2.23. The zero-order valence-electron chi connectivity index (χ0n) is 18.7. The molecule has 0 aliphatic carbocycles. The van der Waals surface area contributed by atoms with Crippen molar-refractivity contribution in [2.45, 2.75) is 71.9 Å². The molecule has 1 saturated heterocycles. The molecule has 6 nitrogen and oxygen atoms in total. The fraction of sp³-hybridized carbons (Fsp3) is 0.652. The molecular weight excluding hydrogens is 368 g/mol. The van der Waals surface area contributed by atoms with E-state index in [0.717, 1.165) is 17.5 Å². The Bertz CT molecular complexity index is 729. The first-order valence-electron chi connectivity index (χ1n) is 10.5. The van der Waals surface area contributed by atoms with Crippen molar-refractivity contribution in [3.05, 3.63) is 34.9 Å². The van der Waals surface area contributed by atoms with Crippen molar-refractivity contribution >= 4 is 12.1 Å². The maximum atomic E-state index is 12.4. The number of benzene rings is 1. The predicted molar refractivity (Wildman–Crippen MR) is 114 cm³/mol. The number of nitrogens with two attached hydrogens (primary N) is 1. The minimum Gasteiger partial charge on any atom is -0.462 e. The van der Waals surface area contributed by atoms with E-state index in [1.165, 1.54) is 0 Å². The number of hydrogen-bond acceptors (Lipinski definition) is 5. The summed E-state index contributed by atoms with van der Waals surface area (Å²) in [5.41, 5.74) is 8.23. The molecule has 0 saturated carbocycles. The number of amides is 1. The van der Waals surface area contributed by atoms with Gasteiger partial charge in [-0.25, -0.2) is 9.59 Å². The van der Waals surface area contributed by atoms with Gasteiger partial charge >= 0.3 is 12.1 Å². The van der Waals surface area contributed by atoms with Gasteiger partial charge in [-0.3, -0.25) is 0 Å². The predicted octanol–water partition coefficient (Wildman–Crippen LogP) is 4.25. The number of esters is 1. The molecule has 29 heavy (non-hydrogen) atoms. The molecule has 0 aromatic heterocycles. The second kappa shape index (κ2) is 9.16. The maximum absolute atomic E-state index is 12.4. The molecule has 0 unspecified atom stereocenters. The van der Waals surface area contributed by atoms with Gasteiger partial charge in [0.1, 0.15) is 5.60 Å². The lowest BCUT2D eigenvalue weighted by Crippen LogP contribution is -2.50. The molecule has 1 aromatic carbocycles. The summed E-state index contributed by atoms with van der Waals surface area (Å²) in [6.45, 7) is 13.1. The molecular formula is C23H36N2O4. The topological polar surface area (TPSA) is 81.9 Å². The molecule has 1 aliphatic heterocycles. The van der Waals surface area contributed by atoms with Crippen LogP contribution in [0.1, 0.15) is 75.9 Å². The van der Waals surface area contributed by atoms with Crippen LogP contribution in [-0.4, -0.2) is 42.3 Å². The lowest BCUT2D eigenvalue weighted by atomic mass is 9.80. The molecule has 0 spiro atoms. The molecule has 2 rings (SSSR count). The third-order valence-corrected chi connectivity index (χ3v) is 5.03. The largest absolute Gasteiger partial charge is 0.462 e. The monoisotopic (exact) mass is 404 g/mol. The van der Waals surface area contributed by atoms with Gasteiger partial charge in [0.25, 0.3) is 0 Å². The Hall–Kier alpha value is -2.08. The lowest BCUT2D eigenvalue weighted by molar-refractivity contribution is 0.0166. The molecule has 6 heteroatoms. The minimum absolute atomic E-state index is 0.305. The number of likely N-dealkylation sites (tertiary alicyclic amines) is 1. The molecule has 1 heterocycles. The smallest absolute Gasteiger partial charge is 0.410 e. The normalized spacial score (nSPS) is 16.6. The van der Waals surface area contributed by atoms with Crippen LogP contribution in [0.4, 0.5) is 4.79 Å². The van der Waals surface area contributed by atoms with Gasteiger partial charge in [0.15, 0.2) is 0 Å². The Morgan fingerprint density at radius 2 is 1.79 bits per heavy atom. The average molecular weight is 405 g/mol. The summed E-state index contributed by atoms with van der Waals surface area (Å²) < 4.78 is 10.7. The van der Waals surface area contributed by atoms with Crippen molar-refractivity contribution in [2.75, 3.05) is 19.7 Å². The molecule has 0 atom stereocenters. The maximum Gasteiger partial charge on any atom is 0.410 e. The summed E-state index contributed by atoms with van der Waals surface area (Å²) in [6, 6.07) is 5.86. The molecule has 2 N–H and O–H groups in total. The van der Waals surface area contributed by atoms with Crippen molar-refractivity contribution in [3.63, 3.8) is 0 Å². The number of carbonyl (C=O) groups excluding carboxylic acids is 2. The number of hydrogen-bond donors (Lipinski definition) is 1. The van der Waals surface area contributed by atoms with Gasteiger partial charge in [-0.1, -0.05) is 19.9 Å². The molecule has 0 bridgehead atoms. The minimum atomic E-state index is -0.591. The Kier molecular flexibility index (Phi) is 7.33. The first kappa shape index (κ1) is 23.2. The Labute approximate surface area is 174 Å². The van der Waals surface area contributed by atoms with Crippen LogP contribution in [0.2, 0.25) is 0 Å². The van der Waals surface area contributed by atoms with Crippen molar-refractivity contribution in [1.82, 2.24) is 4.90 Å². The van der Waals surface area contributed by atoms with Gasteiger partial charge in [-0.15, -0.1) is 0 Å². The van der Waals surface area contributed by atoms with Crippen LogP contribution in [-0.2, 0) is 21.4 Å². The molecule has 1 fully saturated rings. The quantitative estimate of drug-likeness (QED) is 0.742. The van der Waals surface area contributed by atoms with E-state index in [4.69, 9.17) is 15.2 Å². The SMILES string of the molecule is CCOC(=O)c1cc(CC(C)C)cc(C2(N)CCN(C(=O)OC(C)(C)C)CC2)c1. The number of nitrogens with zero attached hydrogens (tertiary/aromatic N) is 1. The van der Waals surface area contributed by atoms with E-state index in [-0.39, 0.29) is 12.1 Å². The zero-order valence-corrected chi connectivity index (χ0v) is 18.7. The van der Waals surface area contributed by atoms with Crippen molar-refractivity contribution in [1.29, 1.82) is 0 Å². The van der Waals surface area contributed by atoms with Crippen LogP contribution >= 0.6 is 0 Å². The van der Waals surface area contributed by atoms with E-state index in [2.05, 4.69) is 19.9 Å². The van der Waals surface area contributed by atoms with Crippen molar-refractivity contribution < 1.29 is 19.1 Å². The van der Waals surface area contributed by atoms with Crippen LogP contribution in [0.5, 0.6) is 0 Å². The fourth-order valence-corrected chi connectivity index (χ4v) is 3.60. The first-order chi connectivity index (χ1) is 13.4. The van der Waals surface area contributed by atoms with E-state index in [9.17, 15) is 9.59 Å². The third kappa shape index (κ3) is 6.46. The standard InChI is InChI=1S/C23H36N2O4/c1-7-28-20(26)18-13-17(12-16(2)3)14-19(15-18)23(24)8-10-25(11-9-23)21(27)29-22(4,5)6/h13-16H,7-12,24H2,1-6H3. The van der Waals surface area contributed by atoms with Gasteiger partial charge in [0.05, 0.1) is 12.2 Å². The molecule has 162 valence electrons. The van der Waals surface area contributed by atoms with Crippen LogP contribution < -0.4 is 5.73 Å². The van der Waals surface area contributed by atoms with Gasteiger partial charge in [0.2, 0.25) is 0 Å². The Morgan fingerprint density at radius 1 is 1.17 bits per heavy atom. The van der Waals surface area contributed by atoms with Gasteiger partial charge in [-0.2, -0.15) is 0 Å². The van der Waals surface area contributed by atoms with Gasteiger partial charge in [-0.05, 0) is 76.1 Å². The van der Waals surface area contributed by atoms with E-state index in [1.54, 1.807) is 11.8 Å². The first-order valence-corrected chi connectivity index (χ1v) is 10.5. The van der Waals surface area contributed by atoms with Crippen molar-refractivity contribution in [3.8, 4) is 0 Å². The molecule has 1 aliphatic rings. The molecule has 1 aromatic rings. The van der Waals surface area contributed by atoms with Crippen LogP contribution in [0.3, 0.4) is 0 Å². The second-order valence-electron chi connectivity index (χ2n) is 9.36. The molecule has 0 radical (unpaired) electrons.